The normalized spacial score (nSPS) is 14.6. The highest BCUT2D eigenvalue weighted by atomic mass is 32.2. The van der Waals surface area contributed by atoms with Crippen molar-refractivity contribution in [2.75, 3.05) is 16.2 Å². The Hall–Kier alpha value is -2.79. The Balaban J connectivity index is 1.48. The lowest BCUT2D eigenvalue weighted by atomic mass is 9.91. The summed E-state index contributed by atoms with van der Waals surface area (Å²) < 4.78 is 2.23. The van der Waals surface area contributed by atoms with Crippen LogP contribution in [0.4, 0.5) is 17.3 Å². The van der Waals surface area contributed by atoms with Gasteiger partial charge in [-0.25, -0.2) is 9.97 Å². The van der Waals surface area contributed by atoms with Crippen molar-refractivity contribution in [1.82, 2.24) is 9.97 Å². The van der Waals surface area contributed by atoms with Crippen LogP contribution in [0.2, 0.25) is 0 Å². The minimum absolute atomic E-state index is 0.641. The fraction of sp³-hybridized carbons (Fsp3) is 0.217. The lowest BCUT2D eigenvalue weighted by molar-refractivity contribution is 0.686. The van der Waals surface area contributed by atoms with Gasteiger partial charge in [-0.1, -0.05) is 30.3 Å². The van der Waals surface area contributed by atoms with Gasteiger partial charge in [0.25, 0.3) is 0 Å². The summed E-state index contributed by atoms with van der Waals surface area (Å²) in [6.07, 6.45) is 8.77. The molecule has 2 aromatic carbocycles. The number of para-hydroxylation sites is 1. The summed E-state index contributed by atoms with van der Waals surface area (Å²) >= 11 is 1.67. The summed E-state index contributed by atoms with van der Waals surface area (Å²) in [4.78, 5) is 10.5. The van der Waals surface area contributed by atoms with Crippen LogP contribution < -0.4 is 9.62 Å². The molecule has 0 spiro atoms. The number of aromatic nitrogens is 2. The first-order valence-corrected chi connectivity index (χ1v) is 10.5. The average molecular weight is 387 g/mol. The molecule has 0 saturated carbocycles. The van der Waals surface area contributed by atoms with E-state index in [1.807, 2.05) is 12.3 Å². The van der Waals surface area contributed by atoms with Gasteiger partial charge in [0, 0.05) is 24.0 Å². The lowest BCUT2D eigenvalue weighted by Gasteiger charge is -2.29. The van der Waals surface area contributed by atoms with Gasteiger partial charge in [-0.05, 0) is 67.0 Å². The Morgan fingerprint density at radius 1 is 1.11 bits per heavy atom. The molecule has 28 heavy (non-hydrogen) atoms. The minimum Gasteiger partial charge on any atom is -0.324 e. The third kappa shape index (κ3) is 3.16. The van der Waals surface area contributed by atoms with Crippen molar-refractivity contribution in [2.45, 2.75) is 30.6 Å². The van der Waals surface area contributed by atoms with Crippen molar-refractivity contribution in [2.24, 2.45) is 0 Å². The largest absolute Gasteiger partial charge is 0.324 e. The highest BCUT2D eigenvalue weighted by Gasteiger charge is 2.24. The second kappa shape index (κ2) is 7.32. The van der Waals surface area contributed by atoms with Crippen LogP contribution in [0.15, 0.2) is 66.2 Å². The van der Waals surface area contributed by atoms with E-state index in [0.29, 0.717) is 5.95 Å². The number of rotatable bonds is 4. The van der Waals surface area contributed by atoms with Crippen LogP contribution in [-0.4, -0.2) is 16.5 Å². The molecule has 0 bridgehead atoms. The average Bonchev–Trinajstić information content (AvgIpc) is 2.74. The molecule has 4 nitrogen and oxygen atoms in total. The number of nitrogens with one attached hydrogen (secondary N) is 1. The van der Waals surface area contributed by atoms with Crippen LogP contribution in [0.25, 0.3) is 11.3 Å². The monoisotopic (exact) mass is 386 g/mol. The number of fused-ring (bicyclic) bond motifs is 4. The summed E-state index contributed by atoms with van der Waals surface area (Å²) in [5, 5.41) is 3.41. The Morgan fingerprint density at radius 2 is 1.96 bits per heavy atom. The molecule has 5 rings (SSSR count). The smallest absolute Gasteiger partial charge is 0.227 e. The summed E-state index contributed by atoms with van der Waals surface area (Å²) in [5.74, 6) is 0.641. The second-order valence-corrected chi connectivity index (χ2v) is 8.24. The van der Waals surface area contributed by atoms with Crippen LogP contribution in [-0.2, 0) is 12.8 Å². The number of hydrogen-bond donors (Lipinski definition) is 1. The van der Waals surface area contributed by atoms with Crippen molar-refractivity contribution in [3.63, 3.8) is 0 Å². The van der Waals surface area contributed by atoms with E-state index in [4.69, 9.17) is 4.98 Å². The molecule has 2 aliphatic rings. The molecule has 1 aromatic heterocycles. The Morgan fingerprint density at radius 3 is 2.86 bits per heavy atom. The van der Waals surface area contributed by atoms with Crippen molar-refractivity contribution >= 4 is 29.3 Å². The third-order valence-corrected chi connectivity index (χ3v) is 6.35. The third-order valence-electron chi connectivity index (χ3n) is 5.29. The zero-order valence-corrected chi connectivity index (χ0v) is 16.5. The summed E-state index contributed by atoms with van der Waals surface area (Å²) in [6, 6.07) is 15.0. The van der Waals surface area contributed by atoms with Crippen molar-refractivity contribution in [3.05, 3.63) is 72.4 Å². The maximum Gasteiger partial charge on any atom is 0.227 e. The van der Waals surface area contributed by atoms with E-state index in [-0.39, 0.29) is 0 Å². The van der Waals surface area contributed by atoms with Gasteiger partial charge in [0.15, 0.2) is 0 Å². The summed E-state index contributed by atoms with van der Waals surface area (Å²) in [7, 11) is 0. The van der Waals surface area contributed by atoms with Gasteiger partial charge < -0.3 is 9.62 Å². The number of anilines is 3. The molecule has 1 aliphatic carbocycles. The molecule has 2 heterocycles. The molecular weight excluding hydrogens is 364 g/mol. The first-order chi connectivity index (χ1) is 13.8. The zero-order chi connectivity index (χ0) is 18.9. The fourth-order valence-electron chi connectivity index (χ4n) is 3.94. The first-order valence-electron chi connectivity index (χ1n) is 9.73. The zero-order valence-electron chi connectivity index (χ0n) is 15.7. The molecule has 0 amide bonds. The number of benzene rings is 2. The first kappa shape index (κ1) is 17.3. The highest BCUT2D eigenvalue weighted by molar-refractivity contribution is 8.00. The maximum atomic E-state index is 4.86. The van der Waals surface area contributed by atoms with Gasteiger partial charge in [-0.15, -0.1) is 6.58 Å². The van der Waals surface area contributed by atoms with E-state index in [2.05, 4.69) is 63.6 Å². The van der Waals surface area contributed by atoms with Gasteiger partial charge in [-0.2, -0.15) is 0 Å². The van der Waals surface area contributed by atoms with Gasteiger partial charge >= 0.3 is 0 Å². The Bertz CT molecular complexity index is 1050. The van der Waals surface area contributed by atoms with E-state index in [1.165, 1.54) is 42.5 Å². The molecule has 0 fully saturated rings. The molecule has 3 aromatic rings. The lowest BCUT2D eigenvalue weighted by Crippen LogP contribution is -2.19. The van der Waals surface area contributed by atoms with Crippen LogP contribution in [0.5, 0.6) is 0 Å². The van der Waals surface area contributed by atoms with Gasteiger partial charge in [-0.3, -0.25) is 0 Å². The summed E-state index contributed by atoms with van der Waals surface area (Å²) in [6.45, 7) is 4.65. The van der Waals surface area contributed by atoms with E-state index >= 15 is 0 Å². The van der Waals surface area contributed by atoms with Crippen LogP contribution in [0.1, 0.15) is 24.0 Å². The summed E-state index contributed by atoms with van der Waals surface area (Å²) in [5.41, 5.74) is 7.28. The number of nitrogens with zero attached hydrogens (tertiary/aromatic N) is 3. The molecule has 1 N–H and O–H groups in total. The van der Waals surface area contributed by atoms with Crippen LogP contribution in [0, 0.1) is 0 Å². The van der Waals surface area contributed by atoms with Crippen molar-refractivity contribution in [1.29, 1.82) is 0 Å². The molecule has 0 radical (unpaired) electrons. The Labute approximate surface area is 169 Å². The molecule has 140 valence electrons. The highest BCUT2D eigenvalue weighted by Crippen LogP contribution is 2.45. The van der Waals surface area contributed by atoms with Crippen molar-refractivity contribution in [3.8, 4) is 11.3 Å². The SMILES string of the molecule is C=CCN1Sc2cnc(Nc3ccc4c(c3)CCCC4)nc2-c2ccccc21. The van der Waals surface area contributed by atoms with Gasteiger partial charge in [0.1, 0.15) is 0 Å². The van der Waals surface area contributed by atoms with E-state index in [0.717, 1.165) is 28.4 Å². The second-order valence-electron chi connectivity index (χ2n) is 7.18. The topological polar surface area (TPSA) is 41.1 Å². The quantitative estimate of drug-likeness (QED) is 0.455. The molecule has 0 unspecified atom stereocenters. The molecular formula is C23H22N4S. The maximum absolute atomic E-state index is 4.86. The minimum atomic E-state index is 0.641. The fourth-order valence-corrected chi connectivity index (χ4v) is 4.96. The van der Waals surface area contributed by atoms with Crippen molar-refractivity contribution < 1.29 is 0 Å². The number of aryl methyl sites for hydroxylation is 2. The van der Waals surface area contributed by atoms with Crippen LogP contribution >= 0.6 is 11.9 Å². The predicted octanol–water partition coefficient (Wildman–Crippen LogP) is 5.78. The van der Waals surface area contributed by atoms with Gasteiger partial charge in [0.05, 0.1) is 16.3 Å². The predicted molar refractivity (Wildman–Crippen MR) is 117 cm³/mol. The van der Waals surface area contributed by atoms with E-state index in [1.54, 1.807) is 11.9 Å². The van der Waals surface area contributed by atoms with Gasteiger partial charge in [0.2, 0.25) is 5.95 Å². The standard InChI is InChI=1S/C23H22N4S/c1-2-13-27-20-10-6-5-9-19(20)22-21(28-27)15-24-23(26-22)25-18-12-11-16-7-3-4-8-17(16)14-18/h2,5-6,9-12,14-15H,1,3-4,7-8,13H2,(H,24,25,26). The number of hydrogen-bond acceptors (Lipinski definition) is 5. The van der Waals surface area contributed by atoms with E-state index < -0.39 is 0 Å². The van der Waals surface area contributed by atoms with E-state index in [9.17, 15) is 0 Å². The molecule has 0 atom stereocenters. The molecule has 0 saturated heterocycles. The molecule has 5 heteroatoms. The molecule has 1 aliphatic heterocycles. The Kier molecular flexibility index (Phi) is 4.53. The van der Waals surface area contributed by atoms with Crippen LogP contribution in [0.3, 0.4) is 0 Å².